The number of benzene rings is 2. The maximum absolute atomic E-state index is 14.8. The van der Waals surface area contributed by atoms with Crippen LogP contribution >= 0.6 is 0 Å². The Bertz CT molecular complexity index is 1590. The van der Waals surface area contributed by atoms with Gasteiger partial charge in [0.25, 0.3) is 5.91 Å². The summed E-state index contributed by atoms with van der Waals surface area (Å²) in [5.41, 5.74) is 8.51. The number of hydrogen-bond donors (Lipinski definition) is 4. The van der Waals surface area contributed by atoms with Crippen LogP contribution < -0.4 is 21.7 Å². The number of aryl methyl sites for hydroxylation is 1. The number of amidine groups is 1. The van der Waals surface area contributed by atoms with Gasteiger partial charge in [0.05, 0.1) is 35.5 Å². The Morgan fingerprint density at radius 3 is 2.67 bits per heavy atom. The summed E-state index contributed by atoms with van der Waals surface area (Å²) in [6.45, 7) is 4.19. The number of nitrogens with zero attached hydrogens (tertiary/aromatic N) is 4. The summed E-state index contributed by atoms with van der Waals surface area (Å²) < 4.78 is 30.9. The van der Waals surface area contributed by atoms with Gasteiger partial charge in [-0.15, -0.1) is 0 Å². The lowest BCUT2D eigenvalue weighted by atomic mass is 10.0. The number of nitrogens with two attached hydrogens (primary N) is 1. The van der Waals surface area contributed by atoms with E-state index < -0.39 is 11.6 Å². The molecular formula is C28H30F2N8O. The molecular weight excluding hydrogens is 502 g/mol. The quantitative estimate of drug-likeness (QED) is 0.184. The zero-order valence-electron chi connectivity index (χ0n) is 22.0. The van der Waals surface area contributed by atoms with Gasteiger partial charge in [-0.1, -0.05) is 6.92 Å². The number of amides is 1. The van der Waals surface area contributed by atoms with Crippen molar-refractivity contribution in [1.82, 2.24) is 19.7 Å². The molecule has 2 heterocycles. The Labute approximate surface area is 224 Å². The van der Waals surface area contributed by atoms with Gasteiger partial charge in [0.15, 0.2) is 23.1 Å². The molecule has 0 radical (unpaired) electrons. The summed E-state index contributed by atoms with van der Waals surface area (Å²) >= 11 is 0. The maximum Gasteiger partial charge on any atom is 0.252 e. The van der Waals surface area contributed by atoms with E-state index in [1.807, 2.05) is 13.0 Å². The minimum Gasteiger partial charge on any atom is -0.388 e. The molecule has 202 valence electrons. The standard InChI is InChI=1S/C28H30F2N8O/c1-4-17-13-18(5-6-19(17)27(39)37-28(9-10-28)15-35-16(2)31)36-25-26-34-14-22(38(26)12-11-33-25)20-7-8-21(32-3)24(30)23(20)29/h5-8,11-14,32H,4,9-10,15H2,1-3H3,(H2,31,35)(H,33,36)(H,37,39). The van der Waals surface area contributed by atoms with Crippen molar-refractivity contribution >= 4 is 34.6 Å². The van der Waals surface area contributed by atoms with Gasteiger partial charge in [0.1, 0.15) is 0 Å². The molecule has 0 bridgehead atoms. The Morgan fingerprint density at radius 2 is 1.97 bits per heavy atom. The molecule has 1 amide bonds. The third kappa shape index (κ3) is 5.12. The van der Waals surface area contributed by atoms with Crippen LogP contribution in [-0.2, 0) is 6.42 Å². The minimum atomic E-state index is -0.964. The lowest BCUT2D eigenvalue weighted by Crippen LogP contribution is -2.40. The van der Waals surface area contributed by atoms with Crippen LogP contribution in [0.3, 0.4) is 0 Å². The van der Waals surface area contributed by atoms with Crippen LogP contribution in [0.5, 0.6) is 0 Å². The molecule has 39 heavy (non-hydrogen) atoms. The summed E-state index contributed by atoms with van der Waals surface area (Å²) in [5, 5.41) is 9.02. The molecule has 2 aromatic heterocycles. The van der Waals surface area contributed by atoms with E-state index in [4.69, 9.17) is 5.73 Å². The second-order valence-corrected chi connectivity index (χ2v) is 9.69. The highest BCUT2D eigenvalue weighted by molar-refractivity contribution is 5.97. The second kappa shape index (κ2) is 10.3. The Hall–Kier alpha value is -4.54. The molecule has 5 N–H and O–H groups in total. The highest BCUT2D eigenvalue weighted by Crippen LogP contribution is 2.36. The van der Waals surface area contributed by atoms with Gasteiger partial charge in [-0.3, -0.25) is 14.2 Å². The molecule has 0 unspecified atom stereocenters. The first-order valence-corrected chi connectivity index (χ1v) is 12.7. The van der Waals surface area contributed by atoms with Crippen molar-refractivity contribution in [2.24, 2.45) is 10.7 Å². The molecule has 4 aromatic rings. The molecule has 1 aliphatic rings. The molecule has 9 nitrogen and oxygen atoms in total. The topological polar surface area (TPSA) is 122 Å². The number of rotatable bonds is 9. The predicted octanol–water partition coefficient (Wildman–Crippen LogP) is 4.66. The molecule has 1 aliphatic carbocycles. The van der Waals surface area contributed by atoms with Gasteiger partial charge < -0.3 is 21.7 Å². The van der Waals surface area contributed by atoms with Gasteiger partial charge in [-0.05, 0) is 62.1 Å². The van der Waals surface area contributed by atoms with Crippen LogP contribution in [0.2, 0.25) is 0 Å². The molecule has 0 saturated heterocycles. The summed E-state index contributed by atoms with van der Waals surface area (Å²) in [4.78, 5) is 26.2. The van der Waals surface area contributed by atoms with Gasteiger partial charge in [-0.25, -0.2) is 18.7 Å². The summed E-state index contributed by atoms with van der Waals surface area (Å²) in [6, 6.07) is 8.47. The average Bonchev–Trinajstić information content (AvgIpc) is 3.56. The van der Waals surface area contributed by atoms with Crippen molar-refractivity contribution in [2.75, 3.05) is 24.2 Å². The fraction of sp³-hybridized carbons (Fsp3) is 0.286. The van der Waals surface area contributed by atoms with Crippen molar-refractivity contribution in [3.63, 3.8) is 0 Å². The number of aromatic nitrogens is 3. The highest BCUT2D eigenvalue weighted by atomic mass is 19.2. The Morgan fingerprint density at radius 1 is 1.18 bits per heavy atom. The number of hydrogen-bond acceptors (Lipinski definition) is 6. The Kier molecular flexibility index (Phi) is 6.90. The van der Waals surface area contributed by atoms with E-state index in [1.54, 1.807) is 35.9 Å². The van der Waals surface area contributed by atoms with E-state index in [0.717, 1.165) is 18.4 Å². The lowest BCUT2D eigenvalue weighted by Gasteiger charge is -2.17. The number of anilines is 3. The van der Waals surface area contributed by atoms with Gasteiger partial charge in [-0.2, -0.15) is 0 Å². The van der Waals surface area contributed by atoms with Crippen molar-refractivity contribution in [3.05, 3.63) is 71.7 Å². The van der Waals surface area contributed by atoms with E-state index in [0.29, 0.717) is 47.2 Å². The van der Waals surface area contributed by atoms with Gasteiger partial charge >= 0.3 is 0 Å². The normalized spacial score (nSPS) is 14.3. The lowest BCUT2D eigenvalue weighted by molar-refractivity contribution is 0.0932. The van der Waals surface area contributed by atoms with Crippen LogP contribution in [0.15, 0.2) is 53.9 Å². The van der Waals surface area contributed by atoms with Crippen molar-refractivity contribution < 1.29 is 13.6 Å². The fourth-order valence-electron chi connectivity index (χ4n) is 4.53. The van der Waals surface area contributed by atoms with E-state index in [2.05, 4.69) is 30.9 Å². The maximum atomic E-state index is 14.8. The first-order valence-electron chi connectivity index (χ1n) is 12.7. The number of carbonyl (C=O) groups excluding carboxylic acids is 1. The molecule has 0 aliphatic heterocycles. The number of carbonyl (C=O) groups is 1. The average molecular weight is 533 g/mol. The predicted molar refractivity (Wildman–Crippen MR) is 149 cm³/mol. The van der Waals surface area contributed by atoms with Crippen molar-refractivity contribution in [1.29, 1.82) is 0 Å². The molecule has 0 atom stereocenters. The smallest absolute Gasteiger partial charge is 0.252 e. The largest absolute Gasteiger partial charge is 0.388 e. The Balaban J connectivity index is 1.40. The van der Waals surface area contributed by atoms with Gasteiger partial charge in [0, 0.05) is 36.3 Å². The summed E-state index contributed by atoms with van der Waals surface area (Å²) in [7, 11) is 1.53. The van der Waals surface area contributed by atoms with Crippen LogP contribution in [0, 0.1) is 11.6 Å². The first kappa shape index (κ1) is 26.1. The zero-order valence-corrected chi connectivity index (χ0v) is 22.0. The van der Waals surface area contributed by atoms with Crippen molar-refractivity contribution in [2.45, 2.75) is 38.6 Å². The molecule has 0 spiro atoms. The van der Waals surface area contributed by atoms with Crippen LogP contribution in [0.25, 0.3) is 16.9 Å². The molecule has 11 heteroatoms. The van der Waals surface area contributed by atoms with E-state index >= 15 is 0 Å². The van der Waals surface area contributed by atoms with Crippen LogP contribution in [0.1, 0.15) is 42.6 Å². The van der Waals surface area contributed by atoms with Crippen molar-refractivity contribution in [3.8, 4) is 11.3 Å². The molecule has 1 fully saturated rings. The zero-order chi connectivity index (χ0) is 27.7. The third-order valence-corrected chi connectivity index (χ3v) is 6.91. The second-order valence-electron chi connectivity index (χ2n) is 9.69. The first-order chi connectivity index (χ1) is 18.7. The minimum absolute atomic E-state index is 0.0735. The summed E-state index contributed by atoms with van der Waals surface area (Å²) in [6.07, 6.45) is 7.06. The highest BCUT2D eigenvalue weighted by Gasteiger charge is 2.44. The number of nitrogens with one attached hydrogen (secondary N) is 3. The third-order valence-electron chi connectivity index (χ3n) is 6.91. The van der Waals surface area contributed by atoms with E-state index in [1.165, 1.54) is 25.4 Å². The number of aliphatic imine (C=N–C) groups is 1. The monoisotopic (exact) mass is 532 g/mol. The molecule has 1 saturated carbocycles. The number of fused-ring (bicyclic) bond motifs is 1. The van der Waals surface area contributed by atoms with Crippen LogP contribution in [-0.4, -0.2) is 45.2 Å². The molecule has 5 rings (SSSR count). The molecule has 2 aromatic carbocycles. The summed E-state index contributed by atoms with van der Waals surface area (Å²) in [5.74, 6) is -1.13. The number of imidazole rings is 1. The van der Waals surface area contributed by atoms with Gasteiger partial charge in [0.2, 0.25) is 0 Å². The number of halogens is 2. The van der Waals surface area contributed by atoms with Crippen LogP contribution in [0.4, 0.5) is 26.0 Å². The van der Waals surface area contributed by atoms with E-state index in [9.17, 15) is 13.6 Å². The fourth-order valence-corrected chi connectivity index (χ4v) is 4.53. The SMILES string of the molecule is CCc1cc(Nc2nccn3c(-c4ccc(NC)c(F)c4F)cnc23)ccc1C(=O)NC1(CN=C(C)N)CC1. The van der Waals surface area contributed by atoms with E-state index in [-0.39, 0.29) is 22.7 Å².